The molecule has 1 saturated heterocycles. The van der Waals surface area contributed by atoms with Crippen LogP contribution in [0.5, 0.6) is 0 Å². The Balaban J connectivity index is 1.51. The van der Waals surface area contributed by atoms with Crippen LogP contribution in [0.2, 0.25) is 0 Å². The maximum Gasteiger partial charge on any atom is 0.340 e. The van der Waals surface area contributed by atoms with Crippen molar-refractivity contribution in [2.75, 3.05) is 13.1 Å². The number of carbonyl (C=O) groups is 1. The van der Waals surface area contributed by atoms with Gasteiger partial charge in [0.1, 0.15) is 6.10 Å². The average Bonchev–Trinajstić information content (AvgIpc) is 3.19. The van der Waals surface area contributed by atoms with Crippen molar-refractivity contribution in [1.29, 1.82) is 0 Å². The quantitative estimate of drug-likeness (QED) is 0.525. The molecule has 0 saturated carbocycles. The lowest BCUT2D eigenvalue weighted by atomic mass is 10.0. The number of nitrogens with zero attached hydrogens (tertiary/aromatic N) is 3. The zero-order chi connectivity index (χ0) is 19.8. The maximum absolute atomic E-state index is 12.4. The minimum absolute atomic E-state index is 0.0574. The zero-order valence-electron chi connectivity index (χ0n) is 15.8. The van der Waals surface area contributed by atoms with Crippen molar-refractivity contribution in [2.24, 2.45) is 0 Å². The number of nitrogens with one attached hydrogen (secondary N) is 2. The number of hydrogen-bond donors (Lipinski definition) is 2. The van der Waals surface area contributed by atoms with Crippen molar-refractivity contribution in [3.8, 4) is 22.6 Å². The number of hydrogen-bond acceptors (Lipinski definition) is 6. The van der Waals surface area contributed by atoms with Crippen molar-refractivity contribution < 1.29 is 9.53 Å². The Morgan fingerprint density at radius 2 is 2.03 bits per heavy atom. The molecule has 0 radical (unpaired) electrons. The summed E-state index contributed by atoms with van der Waals surface area (Å²) in [6.07, 6.45) is 3.17. The van der Waals surface area contributed by atoms with Crippen LogP contribution in [0.25, 0.3) is 33.5 Å². The van der Waals surface area contributed by atoms with E-state index in [-0.39, 0.29) is 12.1 Å². The Labute approximate surface area is 167 Å². The SMILES string of the molecule is Cc1cccc(-c2[nH]cnc2-c2ccc3ncc(C(=O)OC4CNC4)cc3c2)n1. The Bertz CT molecular complexity index is 1210. The average molecular weight is 385 g/mol. The second-order valence-electron chi connectivity index (χ2n) is 7.11. The molecule has 144 valence electrons. The van der Waals surface area contributed by atoms with E-state index in [9.17, 15) is 4.79 Å². The molecule has 4 aromatic rings. The highest BCUT2D eigenvalue weighted by Gasteiger charge is 2.22. The minimum atomic E-state index is -0.347. The Morgan fingerprint density at radius 3 is 2.83 bits per heavy atom. The summed E-state index contributed by atoms with van der Waals surface area (Å²) in [5.74, 6) is -0.347. The van der Waals surface area contributed by atoms with E-state index in [1.807, 2.05) is 49.4 Å². The van der Waals surface area contributed by atoms with E-state index in [1.54, 1.807) is 12.5 Å². The van der Waals surface area contributed by atoms with Crippen LogP contribution >= 0.6 is 0 Å². The second-order valence-corrected chi connectivity index (χ2v) is 7.11. The summed E-state index contributed by atoms with van der Waals surface area (Å²) in [6, 6.07) is 13.6. The zero-order valence-corrected chi connectivity index (χ0v) is 15.8. The van der Waals surface area contributed by atoms with Crippen LogP contribution in [0.1, 0.15) is 16.1 Å². The van der Waals surface area contributed by atoms with Gasteiger partial charge in [0.25, 0.3) is 0 Å². The number of fused-ring (bicyclic) bond motifs is 1. The molecule has 1 aromatic carbocycles. The molecule has 0 atom stereocenters. The molecule has 29 heavy (non-hydrogen) atoms. The topological polar surface area (TPSA) is 92.8 Å². The van der Waals surface area contributed by atoms with Crippen molar-refractivity contribution in [2.45, 2.75) is 13.0 Å². The van der Waals surface area contributed by atoms with Crippen LogP contribution < -0.4 is 5.32 Å². The van der Waals surface area contributed by atoms with Gasteiger partial charge in [0.15, 0.2) is 0 Å². The summed E-state index contributed by atoms with van der Waals surface area (Å²) < 4.78 is 5.44. The molecule has 0 unspecified atom stereocenters. The Kier molecular flexibility index (Phi) is 4.29. The molecule has 0 amide bonds. The number of aromatic amines is 1. The lowest BCUT2D eigenvalue weighted by molar-refractivity contribution is 0.0169. The highest BCUT2D eigenvalue weighted by molar-refractivity contribution is 5.95. The number of esters is 1. The molecule has 1 aliphatic rings. The van der Waals surface area contributed by atoms with Gasteiger partial charge in [0, 0.05) is 35.9 Å². The van der Waals surface area contributed by atoms with Gasteiger partial charge >= 0.3 is 5.97 Å². The van der Waals surface area contributed by atoms with Crippen molar-refractivity contribution in [3.63, 3.8) is 0 Å². The van der Waals surface area contributed by atoms with Gasteiger partial charge in [-0.25, -0.2) is 9.78 Å². The number of aromatic nitrogens is 4. The van der Waals surface area contributed by atoms with Gasteiger partial charge < -0.3 is 15.0 Å². The standard InChI is InChI=1S/C22H19N5O2/c1-13-3-2-4-19(27-13)21-20(25-12-26-21)14-5-6-18-15(7-14)8-16(9-24-18)22(28)29-17-10-23-11-17/h2-9,12,17,23H,10-11H2,1H3,(H,25,26). The summed E-state index contributed by atoms with van der Waals surface area (Å²) in [6.45, 7) is 3.36. The molecule has 7 heteroatoms. The number of pyridine rings is 2. The molecule has 0 spiro atoms. The molecule has 0 aliphatic carbocycles. The Morgan fingerprint density at radius 1 is 1.14 bits per heavy atom. The molecule has 3 aromatic heterocycles. The maximum atomic E-state index is 12.4. The van der Waals surface area contributed by atoms with E-state index in [2.05, 4.69) is 25.3 Å². The molecule has 2 N–H and O–H groups in total. The number of imidazole rings is 1. The molecular formula is C22H19N5O2. The van der Waals surface area contributed by atoms with E-state index < -0.39 is 0 Å². The van der Waals surface area contributed by atoms with Gasteiger partial charge in [0.05, 0.1) is 34.5 Å². The van der Waals surface area contributed by atoms with Gasteiger partial charge in [-0.15, -0.1) is 0 Å². The Hall–Kier alpha value is -3.58. The normalized spacial score (nSPS) is 14.0. The first-order valence-corrected chi connectivity index (χ1v) is 9.47. The minimum Gasteiger partial charge on any atom is -0.456 e. The predicted molar refractivity (Wildman–Crippen MR) is 109 cm³/mol. The predicted octanol–water partition coefficient (Wildman–Crippen LogP) is 3.12. The molecule has 1 aliphatic heterocycles. The lowest BCUT2D eigenvalue weighted by Gasteiger charge is -2.26. The summed E-state index contributed by atoms with van der Waals surface area (Å²) >= 11 is 0. The van der Waals surface area contributed by atoms with Crippen molar-refractivity contribution >= 4 is 16.9 Å². The first kappa shape index (κ1) is 17.5. The smallest absolute Gasteiger partial charge is 0.340 e. The summed E-state index contributed by atoms with van der Waals surface area (Å²) in [5, 5.41) is 3.94. The van der Waals surface area contributed by atoms with E-state index in [4.69, 9.17) is 4.74 Å². The fourth-order valence-electron chi connectivity index (χ4n) is 3.35. The highest BCUT2D eigenvalue weighted by Crippen LogP contribution is 2.30. The number of H-pyrrole nitrogens is 1. The molecule has 1 fully saturated rings. The lowest BCUT2D eigenvalue weighted by Crippen LogP contribution is -2.49. The number of ether oxygens (including phenoxy) is 1. The fraction of sp³-hybridized carbons (Fsp3) is 0.182. The van der Waals surface area contributed by atoms with Gasteiger partial charge in [-0.2, -0.15) is 0 Å². The molecule has 7 nitrogen and oxygen atoms in total. The summed E-state index contributed by atoms with van der Waals surface area (Å²) in [5.41, 5.74) is 5.61. The molecular weight excluding hydrogens is 366 g/mol. The van der Waals surface area contributed by atoms with Crippen LogP contribution in [0, 0.1) is 6.92 Å². The van der Waals surface area contributed by atoms with Crippen molar-refractivity contribution in [1.82, 2.24) is 25.3 Å². The number of rotatable bonds is 4. The third kappa shape index (κ3) is 3.36. The molecule has 4 heterocycles. The largest absolute Gasteiger partial charge is 0.456 e. The molecule has 0 bridgehead atoms. The van der Waals surface area contributed by atoms with Crippen LogP contribution in [0.4, 0.5) is 0 Å². The van der Waals surface area contributed by atoms with E-state index in [0.29, 0.717) is 18.7 Å². The fourth-order valence-corrected chi connectivity index (χ4v) is 3.35. The van der Waals surface area contributed by atoms with E-state index in [0.717, 1.165) is 39.2 Å². The third-order valence-electron chi connectivity index (χ3n) is 4.99. The number of carbonyl (C=O) groups excluding carboxylic acids is 1. The van der Waals surface area contributed by atoms with Crippen molar-refractivity contribution in [3.05, 3.63) is 66.2 Å². The van der Waals surface area contributed by atoms with Crippen LogP contribution in [0.3, 0.4) is 0 Å². The van der Waals surface area contributed by atoms with Gasteiger partial charge in [-0.1, -0.05) is 12.1 Å². The third-order valence-corrected chi connectivity index (χ3v) is 4.99. The second kappa shape index (κ2) is 7.10. The van der Waals surface area contributed by atoms with Gasteiger partial charge in [-0.05, 0) is 37.3 Å². The molecule has 5 rings (SSSR count). The van der Waals surface area contributed by atoms with E-state index >= 15 is 0 Å². The summed E-state index contributed by atoms with van der Waals surface area (Å²) in [7, 11) is 0. The number of benzene rings is 1. The first-order valence-electron chi connectivity index (χ1n) is 9.47. The van der Waals surface area contributed by atoms with Gasteiger partial charge in [-0.3, -0.25) is 9.97 Å². The van der Waals surface area contributed by atoms with Crippen LogP contribution in [0.15, 0.2) is 55.0 Å². The van der Waals surface area contributed by atoms with Gasteiger partial charge in [0.2, 0.25) is 0 Å². The van der Waals surface area contributed by atoms with Crippen LogP contribution in [-0.4, -0.2) is 45.1 Å². The highest BCUT2D eigenvalue weighted by atomic mass is 16.5. The van der Waals surface area contributed by atoms with E-state index in [1.165, 1.54) is 0 Å². The first-order chi connectivity index (χ1) is 14.2. The number of aryl methyl sites for hydroxylation is 1. The van der Waals surface area contributed by atoms with Crippen LogP contribution in [-0.2, 0) is 4.74 Å². The monoisotopic (exact) mass is 385 g/mol. The summed E-state index contributed by atoms with van der Waals surface area (Å²) in [4.78, 5) is 29.1.